The van der Waals surface area contributed by atoms with Gasteiger partial charge in [0.05, 0.1) is 0 Å². The minimum atomic E-state index is -0.986. The maximum absolute atomic E-state index is 10.7. The van der Waals surface area contributed by atoms with E-state index >= 15 is 0 Å². The number of carboxylic acids is 1. The van der Waals surface area contributed by atoms with Gasteiger partial charge >= 0.3 is 5.97 Å². The topological polar surface area (TPSA) is 46.5 Å². The van der Waals surface area contributed by atoms with Gasteiger partial charge in [-0.25, -0.2) is 4.79 Å². The van der Waals surface area contributed by atoms with Crippen LogP contribution in [0, 0.1) is 6.92 Å². The van der Waals surface area contributed by atoms with Gasteiger partial charge in [0.1, 0.15) is 12.4 Å². The third-order valence-electron chi connectivity index (χ3n) is 3.02. The Morgan fingerprint density at radius 3 is 2.76 bits per heavy atom. The summed E-state index contributed by atoms with van der Waals surface area (Å²) in [6.45, 7) is 2.48. The lowest BCUT2D eigenvalue weighted by Gasteiger charge is -2.11. The van der Waals surface area contributed by atoms with Crippen LogP contribution < -0.4 is 4.74 Å². The largest absolute Gasteiger partial charge is 0.488 e. The Morgan fingerprint density at radius 1 is 1.29 bits per heavy atom. The zero-order valence-corrected chi connectivity index (χ0v) is 13.1. The molecular formula is C17H15BrO3. The van der Waals surface area contributed by atoms with Crippen LogP contribution >= 0.6 is 15.9 Å². The summed E-state index contributed by atoms with van der Waals surface area (Å²) in [5.74, 6) is -0.334. The van der Waals surface area contributed by atoms with E-state index in [0.717, 1.165) is 27.2 Å². The fourth-order valence-corrected chi connectivity index (χ4v) is 2.25. The molecule has 0 heterocycles. The molecule has 1 N–H and O–H groups in total. The highest BCUT2D eigenvalue weighted by Gasteiger charge is 2.04. The molecule has 3 nitrogen and oxygen atoms in total. The van der Waals surface area contributed by atoms with Gasteiger partial charge in [-0.3, -0.25) is 0 Å². The molecule has 0 unspecified atom stereocenters. The molecule has 108 valence electrons. The maximum atomic E-state index is 10.7. The number of carbonyl (C=O) groups is 1. The number of carboxylic acid groups (broad SMARTS) is 1. The van der Waals surface area contributed by atoms with Gasteiger partial charge in [-0.2, -0.15) is 0 Å². The zero-order valence-electron chi connectivity index (χ0n) is 11.5. The van der Waals surface area contributed by atoms with Crippen LogP contribution in [0.4, 0.5) is 0 Å². The molecule has 0 aliphatic carbocycles. The molecule has 2 rings (SSSR count). The van der Waals surface area contributed by atoms with Gasteiger partial charge < -0.3 is 9.84 Å². The highest BCUT2D eigenvalue weighted by molar-refractivity contribution is 9.10. The van der Waals surface area contributed by atoms with Crippen molar-refractivity contribution in [1.29, 1.82) is 0 Å². The number of rotatable bonds is 5. The van der Waals surface area contributed by atoms with Crippen LogP contribution in [0.25, 0.3) is 6.08 Å². The Kier molecular flexibility index (Phi) is 5.17. The second kappa shape index (κ2) is 7.09. The van der Waals surface area contributed by atoms with Crippen LogP contribution in [0.1, 0.15) is 16.7 Å². The van der Waals surface area contributed by atoms with Crippen molar-refractivity contribution in [3.8, 4) is 5.75 Å². The molecule has 0 saturated carbocycles. The minimum Gasteiger partial charge on any atom is -0.488 e. The first-order valence-corrected chi connectivity index (χ1v) is 7.23. The number of hydrogen-bond acceptors (Lipinski definition) is 2. The summed E-state index contributed by atoms with van der Waals surface area (Å²) in [7, 11) is 0. The van der Waals surface area contributed by atoms with Gasteiger partial charge in [0.15, 0.2) is 0 Å². The van der Waals surface area contributed by atoms with E-state index in [4.69, 9.17) is 9.84 Å². The lowest BCUT2D eigenvalue weighted by molar-refractivity contribution is -0.131. The zero-order chi connectivity index (χ0) is 15.2. The highest BCUT2D eigenvalue weighted by Crippen LogP contribution is 2.25. The lowest BCUT2D eigenvalue weighted by Crippen LogP contribution is -1.99. The number of hydrogen-bond donors (Lipinski definition) is 1. The molecule has 0 spiro atoms. The van der Waals surface area contributed by atoms with Gasteiger partial charge in [-0.15, -0.1) is 0 Å². The van der Waals surface area contributed by atoms with E-state index in [1.54, 1.807) is 0 Å². The van der Waals surface area contributed by atoms with Crippen LogP contribution in [0.5, 0.6) is 5.75 Å². The molecule has 2 aromatic rings. The third-order valence-corrected chi connectivity index (χ3v) is 3.51. The standard InChI is InChI=1S/C17H15BrO3/c1-12-4-2-3-5-14(12)11-21-16-8-7-15(18)10-13(16)6-9-17(19)20/h2-10H,11H2,1H3,(H,19,20). The van der Waals surface area contributed by atoms with Gasteiger partial charge in [0.25, 0.3) is 0 Å². The second-order valence-electron chi connectivity index (χ2n) is 4.57. The molecule has 21 heavy (non-hydrogen) atoms. The molecule has 0 radical (unpaired) electrons. The Morgan fingerprint density at radius 2 is 2.05 bits per heavy atom. The average Bonchev–Trinajstić information content (AvgIpc) is 2.45. The highest BCUT2D eigenvalue weighted by atomic mass is 79.9. The Labute approximate surface area is 132 Å². The second-order valence-corrected chi connectivity index (χ2v) is 5.48. The first-order valence-electron chi connectivity index (χ1n) is 6.44. The lowest BCUT2D eigenvalue weighted by atomic mass is 10.1. The SMILES string of the molecule is Cc1ccccc1COc1ccc(Br)cc1C=CC(=O)O. The number of halogens is 1. The van der Waals surface area contributed by atoms with E-state index in [-0.39, 0.29) is 0 Å². The van der Waals surface area contributed by atoms with E-state index < -0.39 is 5.97 Å². The van der Waals surface area contributed by atoms with E-state index in [1.807, 2.05) is 49.4 Å². The van der Waals surface area contributed by atoms with E-state index in [1.165, 1.54) is 6.08 Å². The predicted octanol–water partition coefficient (Wildman–Crippen LogP) is 4.43. The van der Waals surface area contributed by atoms with E-state index in [0.29, 0.717) is 12.4 Å². The van der Waals surface area contributed by atoms with Crippen LogP contribution in [-0.4, -0.2) is 11.1 Å². The van der Waals surface area contributed by atoms with Crippen molar-refractivity contribution in [3.63, 3.8) is 0 Å². The minimum absolute atomic E-state index is 0.447. The fraction of sp³-hybridized carbons (Fsp3) is 0.118. The molecule has 0 atom stereocenters. The Balaban J connectivity index is 2.20. The summed E-state index contributed by atoms with van der Waals surface area (Å²) in [6, 6.07) is 13.5. The summed E-state index contributed by atoms with van der Waals surface area (Å²) in [6.07, 6.45) is 2.63. The van der Waals surface area contributed by atoms with Crippen LogP contribution in [0.2, 0.25) is 0 Å². The molecule has 0 saturated heterocycles. The van der Waals surface area contributed by atoms with Gasteiger partial charge in [0, 0.05) is 16.1 Å². The monoisotopic (exact) mass is 346 g/mol. The number of aliphatic carboxylic acids is 1. The molecule has 0 bridgehead atoms. The average molecular weight is 347 g/mol. The van der Waals surface area contributed by atoms with Crippen LogP contribution in [-0.2, 0) is 11.4 Å². The summed E-state index contributed by atoms with van der Waals surface area (Å²) in [5.41, 5.74) is 2.99. The summed E-state index contributed by atoms with van der Waals surface area (Å²) < 4.78 is 6.70. The molecule has 0 aliphatic rings. The van der Waals surface area contributed by atoms with Crippen molar-refractivity contribution in [2.24, 2.45) is 0 Å². The third kappa shape index (κ3) is 4.46. The normalized spacial score (nSPS) is 10.8. The van der Waals surface area contributed by atoms with Crippen molar-refractivity contribution < 1.29 is 14.6 Å². The smallest absolute Gasteiger partial charge is 0.328 e. The summed E-state index contributed by atoms with van der Waals surface area (Å²) in [4.78, 5) is 10.7. The van der Waals surface area contributed by atoms with Gasteiger partial charge in [-0.05, 0) is 42.3 Å². The molecule has 2 aromatic carbocycles. The summed E-state index contributed by atoms with van der Waals surface area (Å²) in [5, 5.41) is 8.74. The first kappa shape index (κ1) is 15.3. The van der Waals surface area contributed by atoms with Crippen LogP contribution in [0.15, 0.2) is 53.0 Å². The van der Waals surface area contributed by atoms with Crippen molar-refractivity contribution in [2.45, 2.75) is 13.5 Å². The van der Waals surface area contributed by atoms with E-state index in [9.17, 15) is 4.79 Å². The molecule has 0 amide bonds. The molecular weight excluding hydrogens is 332 g/mol. The van der Waals surface area contributed by atoms with Gasteiger partial charge in [-0.1, -0.05) is 40.2 Å². The molecule has 0 fully saturated rings. The fourth-order valence-electron chi connectivity index (χ4n) is 1.87. The number of ether oxygens (including phenoxy) is 1. The molecule has 0 aliphatic heterocycles. The number of benzene rings is 2. The van der Waals surface area contributed by atoms with Crippen molar-refractivity contribution in [3.05, 3.63) is 69.7 Å². The van der Waals surface area contributed by atoms with Crippen molar-refractivity contribution >= 4 is 28.0 Å². The van der Waals surface area contributed by atoms with Crippen molar-refractivity contribution in [2.75, 3.05) is 0 Å². The van der Waals surface area contributed by atoms with E-state index in [2.05, 4.69) is 15.9 Å². The van der Waals surface area contributed by atoms with Crippen LogP contribution in [0.3, 0.4) is 0 Å². The maximum Gasteiger partial charge on any atom is 0.328 e. The first-order chi connectivity index (χ1) is 10.1. The van der Waals surface area contributed by atoms with Crippen molar-refractivity contribution in [1.82, 2.24) is 0 Å². The Hall–Kier alpha value is -2.07. The summed E-state index contributed by atoms with van der Waals surface area (Å²) >= 11 is 3.37. The predicted molar refractivity (Wildman–Crippen MR) is 86.3 cm³/mol. The quantitative estimate of drug-likeness (QED) is 0.814. The number of aryl methyl sites for hydroxylation is 1. The van der Waals surface area contributed by atoms with Gasteiger partial charge in [0.2, 0.25) is 0 Å². The molecule has 4 heteroatoms. The molecule has 0 aromatic heterocycles. The Bertz CT molecular complexity index is 677.